The van der Waals surface area contributed by atoms with Crippen molar-refractivity contribution in [2.75, 3.05) is 46.5 Å². The van der Waals surface area contributed by atoms with Crippen LogP contribution in [-0.2, 0) is 9.47 Å². The maximum absolute atomic E-state index is 13.6. The van der Waals surface area contributed by atoms with Crippen LogP contribution in [-0.4, -0.2) is 63.3 Å². The highest BCUT2D eigenvalue weighted by Gasteiger charge is 2.42. The second-order valence-corrected chi connectivity index (χ2v) is 9.23. The van der Waals surface area contributed by atoms with Crippen LogP contribution in [0.5, 0.6) is 0 Å². The normalized spacial score (nSPS) is 18.2. The van der Waals surface area contributed by atoms with E-state index in [1.54, 1.807) is 47.4 Å². The van der Waals surface area contributed by atoms with Gasteiger partial charge in [0.25, 0.3) is 5.91 Å². The summed E-state index contributed by atoms with van der Waals surface area (Å²) in [6.45, 7) is 4.74. The molecule has 2 aliphatic rings. The number of nitrogens with zero attached hydrogens (tertiary/aromatic N) is 1. The van der Waals surface area contributed by atoms with Gasteiger partial charge in [0.2, 0.25) is 5.76 Å². The van der Waals surface area contributed by atoms with Gasteiger partial charge in [-0.1, -0.05) is 23.7 Å². The molecule has 1 aromatic heterocycles. The minimum absolute atomic E-state index is 0.0607. The number of methoxy groups -OCH3 is 1. The van der Waals surface area contributed by atoms with E-state index in [0.29, 0.717) is 33.7 Å². The highest BCUT2D eigenvalue weighted by atomic mass is 35.5. The molecule has 0 unspecified atom stereocenters. The van der Waals surface area contributed by atoms with Gasteiger partial charge in [0.15, 0.2) is 5.43 Å². The summed E-state index contributed by atoms with van der Waals surface area (Å²) in [5.41, 5.74) is 1.46. The lowest BCUT2D eigenvalue weighted by atomic mass is 9.97. The lowest BCUT2D eigenvalue weighted by Crippen LogP contribution is -3.14. The van der Waals surface area contributed by atoms with Crippen LogP contribution in [0.4, 0.5) is 0 Å². The van der Waals surface area contributed by atoms with Gasteiger partial charge in [0.1, 0.15) is 18.7 Å². The second kappa shape index (κ2) is 9.81. The number of nitrogens with one attached hydrogen (secondary N) is 1. The van der Waals surface area contributed by atoms with E-state index in [-0.39, 0.29) is 17.1 Å². The lowest BCUT2D eigenvalue weighted by Gasteiger charge is -2.27. The van der Waals surface area contributed by atoms with E-state index in [1.807, 2.05) is 0 Å². The first-order valence-electron chi connectivity index (χ1n) is 11.6. The molecular formula is C26H26ClN2O6+. The monoisotopic (exact) mass is 497 g/mol. The van der Waals surface area contributed by atoms with Crippen molar-refractivity contribution in [3.63, 3.8) is 0 Å². The summed E-state index contributed by atoms with van der Waals surface area (Å²) in [6.07, 6.45) is 0.769. The highest BCUT2D eigenvalue weighted by molar-refractivity contribution is 6.31. The number of carbonyl (C=O) groups is 2. The summed E-state index contributed by atoms with van der Waals surface area (Å²) >= 11 is 6.14. The number of halogens is 1. The highest BCUT2D eigenvalue weighted by Crippen LogP contribution is 2.38. The average Bonchev–Trinajstić information content (AvgIpc) is 3.16. The Morgan fingerprint density at radius 3 is 2.60 bits per heavy atom. The largest absolute Gasteiger partial charge is 0.465 e. The third-order valence-electron chi connectivity index (χ3n) is 6.70. The predicted octanol–water partition coefficient (Wildman–Crippen LogP) is 2.08. The van der Waals surface area contributed by atoms with Gasteiger partial charge < -0.3 is 23.7 Å². The fourth-order valence-electron chi connectivity index (χ4n) is 4.90. The zero-order valence-corrected chi connectivity index (χ0v) is 20.1. The molecule has 1 amide bonds. The van der Waals surface area contributed by atoms with Crippen molar-refractivity contribution in [2.24, 2.45) is 0 Å². The van der Waals surface area contributed by atoms with Crippen molar-refractivity contribution in [1.29, 1.82) is 0 Å². The van der Waals surface area contributed by atoms with Crippen LogP contribution in [0.3, 0.4) is 0 Å². The number of esters is 1. The molecule has 8 nitrogen and oxygen atoms in total. The Labute approximate surface area is 207 Å². The predicted molar refractivity (Wildman–Crippen MR) is 129 cm³/mol. The van der Waals surface area contributed by atoms with Crippen LogP contribution < -0.4 is 10.3 Å². The van der Waals surface area contributed by atoms with Crippen LogP contribution in [0, 0.1) is 0 Å². The Balaban J connectivity index is 1.53. The topological polar surface area (TPSA) is 90.5 Å². The number of ether oxygens (including phenoxy) is 2. The van der Waals surface area contributed by atoms with Gasteiger partial charge >= 0.3 is 5.97 Å². The summed E-state index contributed by atoms with van der Waals surface area (Å²) < 4.78 is 16.2. The molecule has 1 atom stereocenters. The SMILES string of the molecule is COC(=O)c1ccc([C@H]2c3c(oc4ccc(Cl)cc4c3=O)C(=O)N2CCC[NH+]2CCOCC2)cc1. The molecule has 2 aromatic carbocycles. The summed E-state index contributed by atoms with van der Waals surface area (Å²) in [5, 5.41) is 0.748. The minimum atomic E-state index is -0.622. The number of hydrogen-bond donors (Lipinski definition) is 1. The summed E-state index contributed by atoms with van der Waals surface area (Å²) in [6, 6.07) is 11.0. The fraction of sp³-hybridized carbons (Fsp3) is 0.346. The third-order valence-corrected chi connectivity index (χ3v) is 6.94. The number of amides is 1. The molecule has 3 heterocycles. The number of morpholine rings is 1. The van der Waals surface area contributed by atoms with Crippen LogP contribution in [0.25, 0.3) is 11.0 Å². The van der Waals surface area contributed by atoms with Crippen LogP contribution >= 0.6 is 11.6 Å². The summed E-state index contributed by atoms with van der Waals surface area (Å²) in [4.78, 5) is 42.2. The Kier molecular flexibility index (Phi) is 6.60. The molecule has 1 N–H and O–H groups in total. The van der Waals surface area contributed by atoms with Gasteiger partial charge in [0, 0.05) is 18.0 Å². The average molecular weight is 498 g/mol. The standard InChI is InChI=1S/C26H25ClN2O6/c1-33-26(32)17-5-3-16(4-6-17)22-21-23(30)19-15-18(27)7-8-20(19)35-24(21)25(31)29(22)10-2-9-28-11-13-34-14-12-28/h3-8,15,22H,2,9-14H2,1H3/p+1/t22-/m0/s1. The van der Waals surface area contributed by atoms with E-state index in [4.69, 9.17) is 25.5 Å². The van der Waals surface area contributed by atoms with Gasteiger partial charge in [0.05, 0.1) is 49.4 Å². The van der Waals surface area contributed by atoms with Gasteiger partial charge in [-0.3, -0.25) is 9.59 Å². The molecule has 5 rings (SSSR count). The number of hydrogen-bond acceptors (Lipinski definition) is 6. The van der Waals surface area contributed by atoms with Gasteiger partial charge in [-0.05, 0) is 35.9 Å². The number of benzene rings is 2. The number of fused-ring (bicyclic) bond motifs is 2. The van der Waals surface area contributed by atoms with Crippen molar-refractivity contribution in [2.45, 2.75) is 12.5 Å². The molecule has 9 heteroatoms. The Morgan fingerprint density at radius 1 is 1.14 bits per heavy atom. The van der Waals surface area contributed by atoms with Crippen LogP contribution in [0.2, 0.25) is 5.02 Å². The third kappa shape index (κ3) is 4.45. The molecule has 1 fully saturated rings. The molecule has 35 heavy (non-hydrogen) atoms. The van der Waals surface area contributed by atoms with E-state index >= 15 is 0 Å². The molecule has 0 radical (unpaired) electrons. The Bertz CT molecular complexity index is 1330. The molecule has 2 aliphatic heterocycles. The van der Waals surface area contributed by atoms with Gasteiger partial charge in [-0.15, -0.1) is 0 Å². The van der Waals surface area contributed by atoms with Crippen molar-refractivity contribution >= 4 is 34.4 Å². The van der Waals surface area contributed by atoms with E-state index < -0.39 is 12.0 Å². The quantitative estimate of drug-likeness (QED) is 0.524. The first-order chi connectivity index (χ1) is 17.0. The van der Waals surface area contributed by atoms with Gasteiger partial charge in [-0.2, -0.15) is 0 Å². The smallest absolute Gasteiger partial charge is 0.337 e. The summed E-state index contributed by atoms with van der Waals surface area (Å²) in [5.74, 6) is -0.705. The van der Waals surface area contributed by atoms with E-state index in [2.05, 4.69) is 0 Å². The number of carbonyl (C=O) groups excluding carboxylic acids is 2. The zero-order valence-electron chi connectivity index (χ0n) is 19.3. The van der Waals surface area contributed by atoms with Gasteiger partial charge in [-0.25, -0.2) is 4.79 Å². The van der Waals surface area contributed by atoms with Crippen LogP contribution in [0.15, 0.2) is 51.7 Å². The van der Waals surface area contributed by atoms with Crippen molar-refractivity contribution in [3.8, 4) is 0 Å². The fourth-order valence-corrected chi connectivity index (χ4v) is 5.07. The molecule has 0 spiro atoms. The summed E-state index contributed by atoms with van der Waals surface area (Å²) in [7, 11) is 1.32. The molecule has 182 valence electrons. The maximum Gasteiger partial charge on any atom is 0.337 e. The molecular weight excluding hydrogens is 472 g/mol. The first kappa shape index (κ1) is 23.5. The molecule has 0 bridgehead atoms. The first-order valence-corrected chi connectivity index (χ1v) is 12.0. The Hall–Kier alpha value is -3.20. The Morgan fingerprint density at radius 2 is 1.89 bits per heavy atom. The molecule has 3 aromatic rings. The second-order valence-electron chi connectivity index (χ2n) is 8.80. The maximum atomic E-state index is 13.6. The molecule has 0 saturated carbocycles. The van der Waals surface area contributed by atoms with Crippen molar-refractivity contribution in [1.82, 2.24) is 4.90 Å². The van der Waals surface area contributed by atoms with E-state index in [0.717, 1.165) is 44.8 Å². The van der Waals surface area contributed by atoms with Crippen molar-refractivity contribution < 1.29 is 28.4 Å². The van der Waals surface area contributed by atoms with Crippen molar-refractivity contribution in [3.05, 3.63) is 80.2 Å². The molecule has 1 saturated heterocycles. The van der Waals surface area contributed by atoms with Crippen LogP contribution in [0.1, 0.15) is 44.5 Å². The minimum Gasteiger partial charge on any atom is -0.465 e. The number of quaternary nitrogens is 1. The number of rotatable bonds is 6. The zero-order chi connectivity index (χ0) is 24.5. The van der Waals surface area contributed by atoms with E-state index in [9.17, 15) is 14.4 Å². The lowest BCUT2D eigenvalue weighted by molar-refractivity contribution is -0.908. The van der Waals surface area contributed by atoms with E-state index in [1.165, 1.54) is 12.0 Å². The molecule has 0 aliphatic carbocycles.